The zero-order chi connectivity index (χ0) is 18.0. The van der Waals surface area contributed by atoms with Crippen LogP contribution in [0.1, 0.15) is 35.6 Å². The van der Waals surface area contributed by atoms with Gasteiger partial charge in [0.1, 0.15) is 17.6 Å². The van der Waals surface area contributed by atoms with Crippen LogP contribution in [0.2, 0.25) is 5.02 Å². The van der Waals surface area contributed by atoms with Gasteiger partial charge in [-0.3, -0.25) is 0 Å². The average Bonchev–Trinajstić information content (AvgIpc) is 2.93. The maximum Gasteiger partial charge on any atom is 0.141 e. The highest BCUT2D eigenvalue weighted by Crippen LogP contribution is 2.34. The van der Waals surface area contributed by atoms with Crippen molar-refractivity contribution in [1.29, 1.82) is 0 Å². The molecule has 1 N–H and O–H groups in total. The molecule has 1 atom stereocenters. The summed E-state index contributed by atoms with van der Waals surface area (Å²) in [6.07, 6.45) is -0.807. The van der Waals surface area contributed by atoms with Gasteiger partial charge in [-0.2, -0.15) is 0 Å². The standard InChI is InChI=1S/C20H20ClNO3/c1-4-24-18-10-15(19-12(2)22-25-13(19)3)8-16(11-18)20(23)14-6-5-7-17(21)9-14/h5-11,20,23H,4H2,1-3H3. The minimum absolute atomic E-state index is 0.539. The molecule has 3 rings (SSSR count). The van der Waals surface area contributed by atoms with E-state index in [1.54, 1.807) is 12.1 Å². The molecule has 1 aromatic heterocycles. The molecule has 0 spiro atoms. The van der Waals surface area contributed by atoms with Gasteiger partial charge in [-0.05, 0) is 67.8 Å². The van der Waals surface area contributed by atoms with Crippen LogP contribution < -0.4 is 4.74 Å². The van der Waals surface area contributed by atoms with E-state index in [4.69, 9.17) is 20.9 Å². The van der Waals surface area contributed by atoms with Gasteiger partial charge in [0.2, 0.25) is 0 Å². The lowest BCUT2D eigenvalue weighted by Gasteiger charge is -2.15. The average molecular weight is 358 g/mol. The molecule has 0 aliphatic heterocycles. The van der Waals surface area contributed by atoms with E-state index in [0.29, 0.717) is 17.4 Å². The molecule has 3 aromatic rings. The fourth-order valence-electron chi connectivity index (χ4n) is 2.94. The van der Waals surface area contributed by atoms with Crippen LogP contribution in [-0.4, -0.2) is 16.9 Å². The third-order valence-electron chi connectivity index (χ3n) is 4.04. The number of ether oxygens (including phenoxy) is 1. The Morgan fingerprint density at radius 1 is 1.16 bits per heavy atom. The first-order chi connectivity index (χ1) is 12.0. The minimum Gasteiger partial charge on any atom is -0.494 e. The maximum atomic E-state index is 10.8. The summed E-state index contributed by atoms with van der Waals surface area (Å²) < 4.78 is 11.0. The molecule has 4 nitrogen and oxygen atoms in total. The number of hydrogen-bond donors (Lipinski definition) is 1. The molecule has 2 aromatic carbocycles. The molecular formula is C20H20ClNO3. The van der Waals surface area contributed by atoms with Crippen molar-refractivity contribution in [2.75, 3.05) is 6.61 Å². The second-order valence-corrected chi connectivity index (χ2v) is 6.32. The first kappa shape index (κ1) is 17.5. The number of benzene rings is 2. The van der Waals surface area contributed by atoms with Crippen LogP contribution in [-0.2, 0) is 0 Å². The van der Waals surface area contributed by atoms with Gasteiger partial charge < -0.3 is 14.4 Å². The van der Waals surface area contributed by atoms with E-state index in [-0.39, 0.29) is 0 Å². The Labute approximate surface area is 152 Å². The van der Waals surface area contributed by atoms with Gasteiger partial charge in [0.25, 0.3) is 0 Å². The van der Waals surface area contributed by atoms with E-state index < -0.39 is 6.10 Å². The number of aromatic nitrogens is 1. The quantitative estimate of drug-likeness (QED) is 0.690. The van der Waals surface area contributed by atoms with Gasteiger partial charge in [-0.15, -0.1) is 0 Å². The fourth-order valence-corrected chi connectivity index (χ4v) is 3.14. The summed E-state index contributed by atoms with van der Waals surface area (Å²) in [7, 11) is 0. The molecule has 5 heteroatoms. The Morgan fingerprint density at radius 2 is 1.96 bits per heavy atom. The number of aliphatic hydroxyl groups is 1. The van der Waals surface area contributed by atoms with Crippen molar-refractivity contribution < 1.29 is 14.4 Å². The van der Waals surface area contributed by atoms with Crippen LogP contribution in [0.4, 0.5) is 0 Å². The Morgan fingerprint density at radius 3 is 2.60 bits per heavy atom. The molecule has 130 valence electrons. The summed E-state index contributed by atoms with van der Waals surface area (Å²) in [5.74, 6) is 1.42. The molecule has 0 fully saturated rings. The number of hydrogen-bond acceptors (Lipinski definition) is 4. The van der Waals surface area contributed by atoms with Crippen LogP contribution in [0.5, 0.6) is 5.75 Å². The number of aryl methyl sites for hydroxylation is 2. The summed E-state index contributed by atoms with van der Waals surface area (Å²) in [6, 6.07) is 12.9. The van der Waals surface area contributed by atoms with Crippen molar-refractivity contribution in [3.05, 3.63) is 70.1 Å². The number of nitrogens with zero attached hydrogens (tertiary/aromatic N) is 1. The zero-order valence-corrected chi connectivity index (χ0v) is 15.2. The molecule has 25 heavy (non-hydrogen) atoms. The van der Waals surface area contributed by atoms with E-state index in [1.165, 1.54) is 0 Å². The Balaban J connectivity index is 2.10. The normalized spacial score (nSPS) is 12.2. The number of rotatable bonds is 5. The van der Waals surface area contributed by atoms with Gasteiger partial charge >= 0.3 is 0 Å². The first-order valence-electron chi connectivity index (χ1n) is 8.14. The van der Waals surface area contributed by atoms with Crippen molar-refractivity contribution in [3.63, 3.8) is 0 Å². The summed E-state index contributed by atoms with van der Waals surface area (Å²) in [5.41, 5.74) is 4.07. The highest BCUT2D eigenvalue weighted by molar-refractivity contribution is 6.30. The molecule has 0 bridgehead atoms. The summed E-state index contributed by atoms with van der Waals surface area (Å²) in [5, 5.41) is 15.4. The Kier molecular flexibility index (Phi) is 5.11. The maximum absolute atomic E-state index is 10.8. The van der Waals surface area contributed by atoms with E-state index in [1.807, 2.05) is 51.1 Å². The predicted molar refractivity (Wildman–Crippen MR) is 98.1 cm³/mol. The SMILES string of the molecule is CCOc1cc(-c2c(C)noc2C)cc(C(O)c2cccc(Cl)c2)c1. The second-order valence-electron chi connectivity index (χ2n) is 5.88. The highest BCUT2D eigenvalue weighted by atomic mass is 35.5. The van der Waals surface area contributed by atoms with Gasteiger partial charge in [-0.25, -0.2) is 0 Å². The molecule has 0 amide bonds. The molecule has 0 saturated heterocycles. The summed E-state index contributed by atoms with van der Waals surface area (Å²) >= 11 is 6.05. The third-order valence-corrected chi connectivity index (χ3v) is 4.28. The summed E-state index contributed by atoms with van der Waals surface area (Å²) in [6.45, 7) is 6.23. The van der Waals surface area contributed by atoms with Crippen molar-refractivity contribution in [1.82, 2.24) is 5.16 Å². The highest BCUT2D eigenvalue weighted by Gasteiger charge is 2.17. The molecule has 0 aliphatic carbocycles. The second kappa shape index (κ2) is 7.30. The molecule has 1 unspecified atom stereocenters. The van der Waals surface area contributed by atoms with Crippen molar-refractivity contribution in [2.45, 2.75) is 26.9 Å². The molecule has 0 aliphatic rings. The first-order valence-corrected chi connectivity index (χ1v) is 8.52. The Hall–Kier alpha value is -2.30. The van der Waals surface area contributed by atoms with E-state index in [2.05, 4.69) is 5.16 Å². The zero-order valence-electron chi connectivity index (χ0n) is 14.4. The minimum atomic E-state index is -0.807. The molecular weight excluding hydrogens is 338 g/mol. The third kappa shape index (κ3) is 3.70. The lowest BCUT2D eigenvalue weighted by molar-refractivity contribution is 0.219. The van der Waals surface area contributed by atoms with Crippen LogP contribution >= 0.6 is 11.6 Å². The van der Waals surface area contributed by atoms with Gasteiger partial charge in [0.15, 0.2) is 0 Å². The van der Waals surface area contributed by atoms with Gasteiger partial charge in [0.05, 0.1) is 12.3 Å². The molecule has 0 radical (unpaired) electrons. The Bertz CT molecular complexity index is 869. The van der Waals surface area contributed by atoms with E-state index in [0.717, 1.165) is 33.7 Å². The largest absolute Gasteiger partial charge is 0.494 e. The van der Waals surface area contributed by atoms with Crippen LogP contribution in [0.25, 0.3) is 11.1 Å². The van der Waals surface area contributed by atoms with Gasteiger partial charge in [-0.1, -0.05) is 28.9 Å². The van der Waals surface area contributed by atoms with Gasteiger partial charge in [0, 0.05) is 10.6 Å². The van der Waals surface area contributed by atoms with Crippen LogP contribution in [0.15, 0.2) is 47.0 Å². The fraction of sp³-hybridized carbons (Fsp3) is 0.250. The van der Waals surface area contributed by atoms with Crippen molar-refractivity contribution in [3.8, 4) is 16.9 Å². The topological polar surface area (TPSA) is 55.5 Å². The van der Waals surface area contributed by atoms with E-state index >= 15 is 0 Å². The predicted octanol–water partition coefficient (Wildman–Crippen LogP) is 5.09. The van der Waals surface area contributed by atoms with Crippen LogP contribution in [0.3, 0.4) is 0 Å². The smallest absolute Gasteiger partial charge is 0.141 e. The summed E-state index contributed by atoms with van der Waals surface area (Å²) in [4.78, 5) is 0. The number of aliphatic hydroxyl groups excluding tert-OH is 1. The lowest BCUT2D eigenvalue weighted by Crippen LogP contribution is -2.02. The lowest BCUT2D eigenvalue weighted by atomic mass is 9.96. The number of halogens is 1. The van der Waals surface area contributed by atoms with Crippen molar-refractivity contribution in [2.24, 2.45) is 0 Å². The van der Waals surface area contributed by atoms with E-state index in [9.17, 15) is 5.11 Å². The monoisotopic (exact) mass is 357 g/mol. The molecule has 0 saturated carbocycles. The molecule has 1 heterocycles. The van der Waals surface area contributed by atoms with Crippen molar-refractivity contribution >= 4 is 11.6 Å². The van der Waals surface area contributed by atoms with Crippen LogP contribution in [0, 0.1) is 13.8 Å².